The molecule has 0 amide bonds. The summed E-state index contributed by atoms with van der Waals surface area (Å²) in [6.45, 7) is 0. The summed E-state index contributed by atoms with van der Waals surface area (Å²) < 4.78 is 4.96. The van der Waals surface area contributed by atoms with Crippen molar-refractivity contribution in [3.63, 3.8) is 0 Å². The fraction of sp³-hybridized carbons (Fsp3) is 0.0455. The van der Waals surface area contributed by atoms with E-state index in [2.05, 4.69) is 177 Å². The first kappa shape index (κ1) is 26.0. The number of rotatable bonds is 2. The second-order valence-corrected chi connectivity index (χ2v) is 13.0. The Bertz CT molecular complexity index is 2750. The van der Waals surface area contributed by atoms with Gasteiger partial charge in [-0.25, -0.2) is 0 Å². The van der Waals surface area contributed by atoms with Crippen LogP contribution in [0.4, 0.5) is 5.69 Å². The van der Waals surface area contributed by atoms with Crippen molar-refractivity contribution in [2.45, 2.75) is 12.3 Å². The largest absolute Gasteiger partial charge is 0.352 e. The normalized spacial score (nSPS) is 16.4. The molecule has 11 rings (SSSR count). The van der Waals surface area contributed by atoms with Crippen molar-refractivity contribution >= 4 is 49.3 Å². The van der Waals surface area contributed by atoms with E-state index >= 15 is 0 Å². The SMILES string of the molecule is c1ccc(C2NC(n3c4ccccc4c4cc5c(cc43)-c3ccccc3-n3c4ccccc4c4cccc-5c43)Nc3ccccc32)cc1. The smallest absolute Gasteiger partial charge is 0.160 e. The monoisotopic (exact) mass is 614 g/mol. The van der Waals surface area contributed by atoms with Crippen LogP contribution in [-0.4, -0.2) is 9.13 Å². The number of para-hydroxylation sites is 5. The van der Waals surface area contributed by atoms with Gasteiger partial charge in [-0.15, -0.1) is 0 Å². The van der Waals surface area contributed by atoms with E-state index < -0.39 is 0 Å². The molecule has 7 aromatic carbocycles. The molecule has 2 aliphatic rings. The molecule has 0 bridgehead atoms. The summed E-state index contributed by atoms with van der Waals surface area (Å²) in [5.41, 5.74) is 14.8. The average molecular weight is 615 g/mol. The Morgan fingerprint density at radius 1 is 0.458 bits per heavy atom. The molecule has 2 N–H and O–H groups in total. The number of aromatic nitrogens is 2. The average Bonchev–Trinajstić information content (AvgIpc) is 3.63. The number of hydrogen-bond acceptors (Lipinski definition) is 2. The molecule has 2 unspecified atom stereocenters. The summed E-state index contributed by atoms with van der Waals surface area (Å²) in [4.78, 5) is 0. The number of hydrogen-bond donors (Lipinski definition) is 2. The van der Waals surface area contributed by atoms with E-state index in [1.54, 1.807) is 0 Å². The first-order chi connectivity index (χ1) is 23.8. The molecule has 4 heterocycles. The Labute approximate surface area is 277 Å². The van der Waals surface area contributed by atoms with Crippen molar-refractivity contribution in [1.29, 1.82) is 0 Å². The topological polar surface area (TPSA) is 33.9 Å². The molecule has 226 valence electrons. The van der Waals surface area contributed by atoms with Crippen molar-refractivity contribution in [1.82, 2.24) is 14.5 Å². The third-order valence-electron chi connectivity index (χ3n) is 10.5. The standard InChI is InChI=1S/C44H30N4/c1-2-13-27(14-3-1)42-33-18-4-8-21-37(33)45-44(46-42)48-40-24-11-7-17-30(40)36-25-34-32-20-12-19-31-28-15-5-9-22-38(28)47(43(31)32)39-23-10-6-16-29(39)35(34)26-41(36)48/h1-26,42,44-46H. The van der Waals surface area contributed by atoms with Crippen LogP contribution in [0.15, 0.2) is 158 Å². The summed E-state index contributed by atoms with van der Waals surface area (Å²) in [5.74, 6) is 0. The van der Waals surface area contributed by atoms with Gasteiger partial charge in [0.2, 0.25) is 0 Å². The maximum Gasteiger partial charge on any atom is 0.160 e. The van der Waals surface area contributed by atoms with E-state index in [0.717, 1.165) is 5.69 Å². The number of anilines is 1. The van der Waals surface area contributed by atoms with Gasteiger partial charge >= 0.3 is 0 Å². The lowest BCUT2D eigenvalue weighted by Crippen LogP contribution is -2.40. The molecule has 0 spiro atoms. The van der Waals surface area contributed by atoms with Crippen molar-refractivity contribution < 1.29 is 0 Å². The molecule has 0 aliphatic carbocycles. The van der Waals surface area contributed by atoms with Crippen molar-refractivity contribution in [2.24, 2.45) is 0 Å². The van der Waals surface area contributed by atoms with E-state index in [-0.39, 0.29) is 12.3 Å². The maximum atomic E-state index is 4.02. The highest BCUT2D eigenvalue weighted by molar-refractivity contribution is 6.19. The van der Waals surface area contributed by atoms with Gasteiger partial charge < -0.3 is 14.5 Å². The van der Waals surface area contributed by atoms with Crippen LogP contribution in [0, 0.1) is 0 Å². The quantitative estimate of drug-likeness (QED) is 0.203. The third-order valence-corrected chi connectivity index (χ3v) is 10.5. The molecule has 48 heavy (non-hydrogen) atoms. The van der Waals surface area contributed by atoms with Crippen molar-refractivity contribution in [3.8, 4) is 27.9 Å². The zero-order valence-corrected chi connectivity index (χ0v) is 26.1. The van der Waals surface area contributed by atoms with Gasteiger partial charge in [0.05, 0.1) is 33.8 Å². The minimum absolute atomic E-state index is 0.0446. The van der Waals surface area contributed by atoms with Crippen LogP contribution in [0.1, 0.15) is 23.5 Å². The Hall–Kier alpha value is -6.10. The van der Waals surface area contributed by atoms with Crippen LogP contribution in [0.5, 0.6) is 0 Å². The Kier molecular flexibility index (Phi) is 5.26. The first-order valence-electron chi connectivity index (χ1n) is 16.7. The van der Waals surface area contributed by atoms with Gasteiger partial charge in [0.15, 0.2) is 6.29 Å². The molecule has 0 fully saturated rings. The van der Waals surface area contributed by atoms with Gasteiger partial charge in [-0.1, -0.05) is 121 Å². The highest BCUT2D eigenvalue weighted by atomic mass is 15.3. The molecule has 4 heteroatoms. The zero-order chi connectivity index (χ0) is 31.3. The highest BCUT2D eigenvalue weighted by Gasteiger charge is 2.31. The van der Waals surface area contributed by atoms with E-state index in [0.29, 0.717) is 0 Å². The predicted octanol–water partition coefficient (Wildman–Crippen LogP) is 10.8. The number of nitrogens with one attached hydrogen (secondary N) is 2. The lowest BCUT2D eigenvalue weighted by atomic mass is 9.92. The van der Waals surface area contributed by atoms with E-state index in [9.17, 15) is 0 Å². The molecule has 0 saturated heterocycles. The fourth-order valence-corrected chi connectivity index (χ4v) is 8.53. The molecule has 2 aliphatic heterocycles. The minimum Gasteiger partial charge on any atom is -0.352 e. The molecule has 9 aromatic rings. The number of benzene rings is 7. The second kappa shape index (κ2) is 9.71. The van der Waals surface area contributed by atoms with Crippen LogP contribution in [0.25, 0.3) is 71.6 Å². The van der Waals surface area contributed by atoms with Crippen LogP contribution < -0.4 is 10.6 Å². The number of nitrogens with zero attached hydrogens (tertiary/aromatic N) is 2. The molecular weight excluding hydrogens is 585 g/mol. The Morgan fingerprint density at radius 3 is 2.02 bits per heavy atom. The lowest BCUT2D eigenvalue weighted by Gasteiger charge is -2.36. The minimum atomic E-state index is -0.173. The third kappa shape index (κ3) is 3.47. The van der Waals surface area contributed by atoms with Crippen molar-refractivity contribution in [2.75, 3.05) is 5.32 Å². The predicted molar refractivity (Wildman–Crippen MR) is 199 cm³/mol. The summed E-state index contributed by atoms with van der Waals surface area (Å²) in [6, 6.07) is 57.8. The van der Waals surface area contributed by atoms with E-state index in [4.69, 9.17) is 0 Å². The molecule has 2 aromatic heterocycles. The van der Waals surface area contributed by atoms with Crippen LogP contribution in [0.3, 0.4) is 0 Å². The van der Waals surface area contributed by atoms with Crippen molar-refractivity contribution in [3.05, 3.63) is 169 Å². The maximum absolute atomic E-state index is 4.02. The summed E-state index contributed by atoms with van der Waals surface area (Å²) >= 11 is 0. The molecule has 4 nitrogen and oxygen atoms in total. The van der Waals surface area contributed by atoms with Gasteiger partial charge in [0.1, 0.15) is 0 Å². The summed E-state index contributed by atoms with van der Waals surface area (Å²) in [7, 11) is 0. The van der Waals surface area contributed by atoms with Gasteiger partial charge in [-0.05, 0) is 58.7 Å². The van der Waals surface area contributed by atoms with Crippen LogP contribution in [0.2, 0.25) is 0 Å². The second-order valence-electron chi connectivity index (χ2n) is 13.0. The zero-order valence-electron chi connectivity index (χ0n) is 26.1. The fourth-order valence-electron chi connectivity index (χ4n) is 8.53. The van der Waals surface area contributed by atoms with E-state index in [1.807, 2.05) is 0 Å². The van der Waals surface area contributed by atoms with E-state index in [1.165, 1.54) is 82.7 Å². The molecular formula is C44H30N4. The van der Waals surface area contributed by atoms with Crippen LogP contribution in [-0.2, 0) is 0 Å². The Morgan fingerprint density at radius 2 is 1.12 bits per heavy atom. The molecule has 0 saturated carbocycles. The number of fused-ring (bicyclic) bond motifs is 12. The molecule has 0 radical (unpaired) electrons. The van der Waals surface area contributed by atoms with Gasteiger partial charge in [-0.3, -0.25) is 5.32 Å². The van der Waals surface area contributed by atoms with Gasteiger partial charge in [0.25, 0.3) is 0 Å². The first-order valence-corrected chi connectivity index (χ1v) is 16.7. The Balaban J connectivity index is 1.22. The van der Waals surface area contributed by atoms with Gasteiger partial charge in [-0.2, -0.15) is 0 Å². The van der Waals surface area contributed by atoms with Gasteiger partial charge in [0, 0.05) is 38.4 Å². The summed E-state index contributed by atoms with van der Waals surface area (Å²) in [5, 5.41) is 13.0. The molecule has 2 atom stereocenters. The lowest BCUT2D eigenvalue weighted by molar-refractivity contribution is 0.417. The van der Waals surface area contributed by atoms with Crippen LogP contribution >= 0.6 is 0 Å². The highest BCUT2D eigenvalue weighted by Crippen LogP contribution is 2.49. The summed E-state index contributed by atoms with van der Waals surface area (Å²) in [6.07, 6.45) is -0.173.